The number of nitrogens with zero attached hydrogens (tertiary/aromatic N) is 2. The Morgan fingerprint density at radius 1 is 1.21 bits per heavy atom. The van der Waals surface area contributed by atoms with Crippen LogP contribution in [-0.2, 0) is 0 Å². The van der Waals surface area contributed by atoms with E-state index < -0.39 is 0 Å². The van der Waals surface area contributed by atoms with Gasteiger partial charge in [0.15, 0.2) is 0 Å². The summed E-state index contributed by atoms with van der Waals surface area (Å²) in [4.78, 5) is 12.3. The summed E-state index contributed by atoms with van der Waals surface area (Å²) in [7, 11) is 0. The molecule has 0 unspecified atom stereocenters. The van der Waals surface area contributed by atoms with E-state index in [0.717, 1.165) is 21.4 Å². The fourth-order valence-corrected chi connectivity index (χ4v) is 2.86. The number of nitrogens with one attached hydrogen (secondary N) is 2. The lowest BCUT2D eigenvalue weighted by molar-refractivity contribution is 0.0950. The fraction of sp³-hybridized carbons (Fsp3) is 0.0952. The van der Waals surface area contributed by atoms with Crippen LogP contribution in [0.2, 0.25) is 0 Å². The number of carbonyl (C=O) groups excluding carboxylic acids is 1. The normalized spacial score (nSPS) is 11.6. The van der Waals surface area contributed by atoms with Crippen molar-refractivity contribution in [2.75, 3.05) is 6.61 Å². The number of carbonyl (C=O) groups is 1. The standard InChI is InChI=1S/C21H19BrN4O2/c1-2-28-20-11-7-6-10-17(20)18-13-19(25-24-18)21(27)26-23-14-16(22)12-15-8-4-3-5-9-15/h3-14H,2H2,1H3,(H,24,25)(H,26,27)/b16-12-,23-14-. The van der Waals surface area contributed by atoms with E-state index in [0.29, 0.717) is 18.0 Å². The van der Waals surface area contributed by atoms with Crippen LogP contribution in [0, 0.1) is 0 Å². The van der Waals surface area contributed by atoms with E-state index in [1.165, 1.54) is 6.21 Å². The molecule has 2 N–H and O–H groups in total. The molecule has 0 fully saturated rings. The van der Waals surface area contributed by atoms with E-state index >= 15 is 0 Å². The van der Waals surface area contributed by atoms with Crippen LogP contribution in [-0.4, -0.2) is 28.9 Å². The van der Waals surface area contributed by atoms with Crippen LogP contribution in [0.1, 0.15) is 23.0 Å². The molecule has 3 rings (SSSR count). The van der Waals surface area contributed by atoms with Gasteiger partial charge in [-0.2, -0.15) is 10.2 Å². The largest absolute Gasteiger partial charge is 0.493 e. The highest BCUT2D eigenvalue weighted by molar-refractivity contribution is 9.12. The van der Waals surface area contributed by atoms with Crippen LogP contribution in [0.15, 0.2) is 70.2 Å². The lowest BCUT2D eigenvalue weighted by Crippen LogP contribution is -2.17. The first-order valence-corrected chi connectivity index (χ1v) is 9.50. The van der Waals surface area contributed by atoms with Gasteiger partial charge in [-0.05, 0) is 52.7 Å². The Hall–Kier alpha value is -3.19. The maximum Gasteiger partial charge on any atom is 0.289 e. The van der Waals surface area contributed by atoms with Gasteiger partial charge >= 0.3 is 0 Å². The van der Waals surface area contributed by atoms with Crippen LogP contribution in [0.4, 0.5) is 0 Å². The van der Waals surface area contributed by atoms with Crippen LogP contribution in [0.5, 0.6) is 5.75 Å². The van der Waals surface area contributed by atoms with E-state index in [1.807, 2.05) is 67.6 Å². The number of aromatic amines is 1. The fourth-order valence-electron chi connectivity index (χ4n) is 2.49. The topological polar surface area (TPSA) is 79.4 Å². The minimum absolute atomic E-state index is 0.307. The monoisotopic (exact) mass is 438 g/mol. The van der Waals surface area contributed by atoms with Gasteiger partial charge in [0, 0.05) is 10.0 Å². The van der Waals surface area contributed by atoms with E-state index in [9.17, 15) is 4.79 Å². The summed E-state index contributed by atoms with van der Waals surface area (Å²) in [6.07, 6.45) is 3.42. The number of halogens is 1. The number of aromatic nitrogens is 2. The molecular formula is C21H19BrN4O2. The summed E-state index contributed by atoms with van der Waals surface area (Å²) in [5.74, 6) is 0.334. The Bertz CT molecular complexity index is 996. The summed E-state index contributed by atoms with van der Waals surface area (Å²) in [5.41, 5.74) is 5.26. The molecular weight excluding hydrogens is 420 g/mol. The highest BCUT2D eigenvalue weighted by Gasteiger charge is 2.13. The second kappa shape index (κ2) is 9.66. The Labute approximate surface area is 171 Å². The molecule has 0 aliphatic heterocycles. The molecule has 7 heteroatoms. The minimum atomic E-state index is -0.385. The molecule has 0 aliphatic carbocycles. The lowest BCUT2D eigenvalue weighted by atomic mass is 10.1. The highest BCUT2D eigenvalue weighted by Crippen LogP contribution is 2.28. The summed E-state index contributed by atoms with van der Waals surface area (Å²) in [6, 6.07) is 19.0. The van der Waals surface area contributed by atoms with Gasteiger partial charge in [0.2, 0.25) is 0 Å². The van der Waals surface area contributed by atoms with Crippen molar-refractivity contribution in [3.8, 4) is 17.0 Å². The number of hydrogen-bond donors (Lipinski definition) is 2. The summed E-state index contributed by atoms with van der Waals surface area (Å²) >= 11 is 3.40. The quantitative estimate of drug-likeness (QED) is 0.416. The lowest BCUT2D eigenvalue weighted by Gasteiger charge is -2.07. The molecule has 2 aromatic carbocycles. The first-order valence-electron chi connectivity index (χ1n) is 8.70. The molecule has 0 aliphatic rings. The van der Waals surface area contributed by atoms with Crippen molar-refractivity contribution < 1.29 is 9.53 Å². The van der Waals surface area contributed by atoms with Crippen LogP contribution >= 0.6 is 15.9 Å². The number of benzene rings is 2. The molecule has 3 aromatic rings. The zero-order valence-corrected chi connectivity index (χ0v) is 16.8. The maximum absolute atomic E-state index is 12.3. The molecule has 1 amide bonds. The molecule has 0 spiro atoms. The van der Waals surface area contributed by atoms with Gasteiger partial charge in [-0.15, -0.1) is 0 Å². The van der Waals surface area contributed by atoms with Crippen molar-refractivity contribution in [2.24, 2.45) is 5.10 Å². The van der Waals surface area contributed by atoms with Gasteiger partial charge in [0.05, 0.1) is 18.5 Å². The third-order valence-corrected chi connectivity index (χ3v) is 4.18. The van der Waals surface area contributed by atoms with Gasteiger partial charge in [-0.1, -0.05) is 42.5 Å². The molecule has 0 bridgehead atoms. The van der Waals surface area contributed by atoms with Gasteiger partial charge < -0.3 is 4.74 Å². The zero-order valence-electron chi connectivity index (χ0n) is 15.2. The molecule has 0 saturated heterocycles. The van der Waals surface area contributed by atoms with E-state index in [4.69, 9.17) is 4.74 Å². The van der Waals surface area contributed by atoms with Crippen molar-refractivity contribution in [2.45, 2.75) is 6.92 Å². The van der Waals surface area contributed by atoms with Crippen LogP contribution < -0.4 is 10.2 Å². The van der Waals surface area contributed by atoms with Crippen molar-refractivity contribution in [3.05, 3.63) is 76.4 Å². The first kappa shape index (κ1) is 19.6. The summed E-state index contributed by atoms with van der Waals surface area (Å²) in [5, 5.41) is 10.9. The van der Waals surface area contributed by atoms with Crippen molar-refractivity contribution >= 4 is 34.1 Å². The van der Waals surface area contributed by atoms with Crippen LogP contribution in [0.3, 0.4) is 0 Å². The number of amides is 1. The third-order valence-electron chi connectivity index (χ3n) is 3.74. The third kappa shape index (κ3) is 5.17. The molecule has 0 saturated carbocycles. The number of allylic oxidation sites excluding steroid dienone is 1. The zero-order chi connectivity index (χ0) is 19.8. The number of para-hydroxylation sites is 1. The second-order valence-electron chi connectivity index (χ2n) is 5.74. The van der Waals surface area contributed by atoms with E-state index in [2.05, 4.69) is 36.7 Å². The molecule has 0 atom stereocenters. The van der Waals surface area contributed by atoms with E-state index in [-0.39, 0.29) is 5.91 Å². The molecule has 28 heavy (non-hydrogen) atoms. The molecule has 6 nitrogen and oxygen atoms in total. The average Bonchev–Trinajstić information content (AvgIpc) is 3.19. The van der Waals surface area contributed by atoms with Crippen molar-refractivity contribution in [1.29, 1.82) is 0 Å². The van der Waals surface area contributed by atoms with E-state index in [1.54, 1.807) is 6.07 Å². The Kier molecular flexibility index (Phi) is 6.75. The minimum Gasteiger partial charge on any atom is -0.493 e. The molecule has 142 valence electrons. The predicted octanol–water partition coefficient (Wildman–Crippen LogP) is 4.63. The molecule has 0 radical (unpaired) electrons. The smallest absolute Gasteiger partial charge is 0.289 e. The number of ether oxygens (including phenoxy) is 1. The second-order valence-corrected chi connectivity index (χ2v) is 6.65. The van der Waals surface area contributed by atoms with Gasteiger partial charge in [0.25, 0.3) is 5.91 Å². The van der Waals surface area contributed by atoms with Crippen molar-refractivity contribution in [3.63, 3.8) is 0 Å². The first-order chi connectivity index (χ1) is 13.7. The van der Waals surface area contributed by atoms with Crippen LogP contribution in [0.25, 0.3) is 17.3 Å². The average molecular weight is 439 g/mol. The summed E-state index contributed by atoms with van der Waals surface area (Å²) in [6.45, 7) is 2.47. The highest BCUT2D eigenvalue weighted by atomic mass is 79.9. The molecule has 1 heterocycles. The van der Waals surface area contributed by atoms with Gasteiger partial charge in [0.1, 0.15) is 11.4 Å². The summed E-state index contributed by atoms with van der Waals surface area (Å²) < 4.78 is 6.34. The number of hydrazone groups is 1. The maximum atomic E-state index is 12.3. The van der Waals surface area contributed by atoms with Gasteiger partial charge in [-0.25, -0.2) is 5.43 Å². The van der Waals surface area contributed by atoms with Crippen molar-refractivity contribution in [1.82, 2.24) is 15.6 Å². The van der Waals surface area contributed by atoms with Gasteiger partial charge in [-0.3, -0.25) is 9.89 Å². The Balaban J connectivity index is 1.66. The number of H-pyrrole nitrogens is 1. The SMILES string of the molecule is CCOc1ccccc1-c1cc(C(=O)N/N=C\C(Br)=C\c2ccccc2)[nH]n1. The molecule has 1 aromatic heterocycles. The number of hydrogen-bond acceptors (Lipinski definition) is 4. The number of rotatable bonds is 7. The predicted molar refractivity (Wildman–Crippen MR) is 114 cm³/mol. The Morgan fingerprint density at radius 3 is 2.75 bits per heavy atom. The Morgan fingerprint density at radius 2 is 1.96 bits per heavy atom.